The Balaban J connectivity index is 0.00000162. The van der Waals surface area contributed by atoms with Gasteiger partial charge >= 0.3 is 0 Å². The third kappa shape index (κ3) is 2.82. The minimum Gasteiger partial charge on any atom is -0.564 e. The second kappa shape index (κ2) is 6.23. The molecule has 0 aromatic carbocycles. The van der Waals surface area contributed by atoms with E-state index in [1.54, 1.807) is 11.2 Å². The van der Waals surface area contributed by atoms with Crippen LogP contribution in [0.2, 0.25) is 0 Å². The molecule has 1 radical (unpaired) electrons. The normalized spacial score (nSPS) is 29.0. The maximum atomic E-state index is 9.56. The first-order valence-electron chi connectivity index (χ1n) is 5.36. The van der Waals surface area contributed by atoms with Gasteiger partial charge in [0.2, 0.25) is 0 Å². The van der Waals surface area contributed by atoms with Crippen LogP contribution in [0.5, 0.6) is 0 Å². The van der Waals surface area contributed by atoms with Crippen molar-refractivity contribution < 1.29 is 42.9 Å². The molecule has 2 heterocycles. The number of aliphatic imine (C=N–C) groups is 2. The van der Waals surface area contributed by atoms with Gasteiger partial charge in [-0.25, -0.2) is 4.99 Å². The summed E-state index contributed by atoms with van der Waals surface area (Å²) in [5, 5.41) is 18.4. The average molecular weight is 325 g/mol. The Labute approximate surface area is 132 Å². The van der Waals surface area contributed by atoms with E-state index in [0.717, 1.165) is 12.3 Å². The van der Waals surface area contributed by atoms with Crippen LogP contribution in [0.4, 0.5) is 0 Å². The van der Waals surface area contributed by atoms with Crippen molar-refractivity contribution in [1.82, 2.24) is 4.90 Å². The SMILES string of the molecule is [CH2-][C@H]([C@H](O)[CH-]O)N1C=NC2C(N)=NC(C)=CC21.[Y]. The third-order valence-corrected chi connectivity index (χ3v) is 2.98. The molecule has 0 amide bonds. The Morgan fingerprint density at radius 1 is 1.61 bits per heavy atom. The van der Waals surface area contributed by atoms with Crippen molar-refractivity contribution in [2.24, 2.45) is 15.7 Å². The van der Waals surface area contributed by atoms with E-state index in [1.165, 1.54) is 0 Å². The second-order valence-electron chi connectivity index (χ2n) is 4.20. The molecule has 0 bridgehead atoms. The van der Waals surface area contributed by atoms with E-state index in [0.29, 0.717) is 5.84 Å². The van der Waals surface area contributed by atoms with Gasteiger partial charge in [-0.05, 0) is 13.0 Å². The van der Waals surface area contributed by atoms with Gasteiger partial charge in [0, 0.05) is 38.4 Å². The fourth-order valence-electron chi connectivity index (χ4n) is 2.04. The number of rotatable bonds is 3. The van der Waals surface area contributed by atoms with Crippen LogP contribution in [0.15, 0.2) is 21.8 Å². The Hall–Kier alpha value is -0.296. The van der Waals surface area contributed by atoms with Crippen LogP contribution in [0.1, 0.15) is 6.92 Å². The molecule has 6 nitrogen and oxygen atoms in total. The summed E-state index contributed by atoms with van der Waals surface area (Å²) in [6.45, 7) is 6.39. The van der Waals surface area contributed by atoms with Crippen molar-refractivity contribution in [3.8, 4) is 0 Å². The predicted molar refractivity (Wildman–Crippen MR) is 64.7 cm³/mol. The van der Waals surface area contributed by atoms with Gasteiger partial charge in [-0.2, -0.15) is 6.61 Å². The number of aliphatic hydroxyl groups is 2. The third-order valence-electron chi connectivity index (χ3n) is 2.98. The Morgan fingerprint density at radius 2 is 2.28 bits per heavy atom. The monoisotopic (exact) mass is 325 g/mol. The zero-order valence-electron chi connectivity index (χ0n) is 10.1. The number of fused-ring (bicyclic) bond motifs is 1. The van der Waals surface area contributed by atoms with Crippen molar-refractivity contribution in [3.63, 3.8) is 0 Å². The number of hydrogen-bond donors (Lipinski definition) is 3. The van der Waals surface area contributed by atoms with Crippen LogP contribution in [-0.2, 0) is 32.7 Å². The van der Waals surface area contributed by atoms with Crippen LogP contribution in [0.25, 0.3) is 0 Å². The Bertz CT molecular complexity index is 397. The van der Waals surface area contributed by atoms with Gasteiger partial charge in [-0.3, -0.25) is 4.99 Å². The molecule has 0 aliphatic carbocycles. The van der Waals surface area contributed by atoms with Crippen molar-refractivity contribution in [3.05, 3.63) is 25.3 Å². The van der Waals surface area contributed by atoms with Crippen molar-refractivity contribution in [1.29, 1.82) is 0 Å². The molecule has 2 unspecified atom stereocenters. The Morgan fingerprint density at radius 3 is 2.89 bits per heavy atom. The molecule has 97 valence electrons. The Kier molecular flexibility index (Phi) is 5.46. The van der Waals surface area contributed by atoms with Crippen molar-refractivity contribution >= 4 is 12.2 Å². The molecule has 0 saturated heterocycles. The van der Waals surface area contributed by atoms with Crippen LogP contribution < -0.4 is 5.73 Å². The van der Waals surface area contributed by atoms with Gasteiger partial charge in [0.1, 0.15) is 11.9 Å². The van der Waals surface area contributed by atoms with E-state index in [1.807, 2.05) is 13.0 Å². The molecule has 4 atom stereocenters. The molecule has 2 rings (SSSR count). The molecule has 0 aromatic heterocycles. The van der Waals surface area contributed by atoms with Gasteiger partial charge in [0.25, 0.3) is 0 Å². The number of amidine groups is 1. The fourth-order valence-corrected chi connectivity index (χ4v) is 2.04. The van der Waals surface area contributed by atoms with Gasteiger partial charge < -0.3 is 27.8 Å². The van der Waals surface area contributed by atoms with E-state index in [4.69, 9.17) is 10.8 Å². The summed E-state index contributed by atoms with van der Waals surface area (Å²) in [5.41, 5.74) is 6.62. The molecule has 0 fully saturated rings. The summed E-state index contributed by atoms with van der Waals surface area (Å²) in [4.78, 5) is 10.2. The van der Waals surface area contributed by atoms with E-state index in [-0.39, 0.29) is 44.8 Å². The molecule has 7 heteroatoms. The molecule has 0 spiro atoms. The number of allylic oxidation sites excluding steroid dienone is 1. The van der Waals surface area contributed by atoms with Crippen LogP contribution in [0, 0.1) is 13.5 Å². The van der Waals surface area contributed by atoms with E-state index >= 15 is 0 Å². The largest absolute Gasteiger partial charge is 0.564 e. The van der Waals surface area contributed by atoms with Crippen LogP contribution in [0.3, 0.4) is 0 Å². The quantitative estimate of drug-likeness (QED) is 0.606. The summed E-state index contributed by atoms with van der Waals surface area (Å²) >= 11 is 0. The van der Waals surface area contributed by atoms with Crippen molar-refractivity contribution in [2.45, 2.75) is 31.2 Å². The summed E-state index contributed by atoms with van der Waals surface area (Å²) in [5.74, 6) is 0.461. The standard InChI is InChI=1S/C11H16N4O2.Y/c1-6-3-8-10(11(12)14-6)13-5-15(8)7(2)9(17)4-16;/h3-5,7-10,16-17H,2H2,1H3,(H2,12,14);/q-2;/t7-,8?,9-,10?;/m1./s1. The maximum Gasteiger partial charge on any atom is 0.133 e. The first-order valence-corrected chi connectivity index (χ1v) is 5.36. The minimum absolute atomic E-state index is 0. The van der Waals surface area contributed by atoms with Crippen LogP contribution in [-0.4, -0.2) is 51.5 Å². The van der Waals surface area contributed by atoms with Gasteiger partial charge in [0.05, 0.1) is 12.4 Å². The number of aliphatic hydroxyl groups excluding tert-OH is 2. The minimum atomic E-state index is -1.03. The van der Waals surface area contributed by atoms with Crippen LogP contribution >= 0.6 is 0 Å². The van der Waals surface area contributed by atoms with Gasteiger partial charge in [-0.15, -0.1) is 0 Å². The molecular weight excluding hydrogens is 309 g/mol. The molecule has 0 saturated carbocycles. The van der Waals surface area contributed by atoms with E-state index < -0.39 is 12.1 Å². The summed E-state index contributed by atoms with van der Waals surface area (Å²) in [6.07, 6.45) is 2.49. The molecule has 2 aliphatic rings. The average Bonchev–Trinajstić information content (AvgIpc) is 2.70. The number of nitrogens with two attached hydrogens (primary N) is 1. The summed E-state index contributed by atoms with van der Waals surface area (Å²) < 4.78 is 0. The first-order chi connectivity index (χ1) is 8.04. The van der Waals surface area contributed by atoms with Crippen molar-refractivity contribution in [2.75, 3.05) is 0 Å². The van der Waals surface area contributed by atoms with Gasteiger partial charge in [0.15, 0.2) is 0 Å². The van der Waals surface area contributed by atoms with E-state index in [2.05, 4.69) is 16.9 Å². The zero-order valence-corrected chi connectivity index (χ0v) is 13.0. The summed E-state index contributed by atoms with van der Waals surface area (Å²) in [6, 6.07) is -0.841. The summed E-state index contributed by atoms with van der Waals surface area (Å²) in [7, 11) is 0. The second-order valence-corrected chi connectivity index (χ2v) is 4.20. The topological polar surface area (TPSA) is 94.4 Å². The molecule has 2 aliphatic heterocycles. The molecule has 4 N–H and O–H groups in total. The zero-order chi connectivity index (χ0) is 12.6. The van der Waals surface area contributed by atoms with E-state index in [9.17, 15) is 5.11 Å². The molecule has 18 heavy (non-hydrogen) atoms. The fraction of sp³-hybridized carbons (Fsp3) is 0.455. The first kappa shape index (κ1) is 15.8. The number of nitrogens with zero attached hydrogens (tertiary/aromatic N) is 3. The molecule has 0 aromatic rings. The predicted octanol–water partition coefficient (Wildman–Crippen LogP) is -0.563. The maximum absolute atomic E-state index is 9.56. The molecular formula is C11H16N4O2Y-2. The number of hydrogen-bond acceptors (Lipinski definition) is 6. The smallest absolute Gasteiger partial charge is 0.133 e. The van der Waals surface area contributed by atoms with Gasteiger partial charge in [-0.1, -0.05) is 12.1 Å².